The average Bonchev–Trinajstić information content (AvgIpc) is 2.69. The summed E-state index contributed by atoms with van der Waals surface area (Å²) in [5.74, 6) is -5.05. The fourth-order valence-corrected chi connectivity index (χ4v) is 2.95. The number of nitrogens with two attached hydrogens (primary N) is 2. The van der Waals surface area contributed by atoms with Crippen LogP contribution in [0.3, 0.4) is 0 Å². The maximum atomic E-state index is 13.3. The minimum Gasteiger partial charge on any atom is -0.462 e. The molecule has 0 saturated heterocycles. The SMILES string of the molecule is C=CC(N)=CC(/C=C(\C)Oc1ccc(N)c(C(O)(C(F)(F)F)C(F)(F)F)c1)C(O)(C(F)(F)F)C(F)(F)F. The molecule has 0 aliphatic carbocycles. The minimum atomic E-state index is -6.36. The van der Waals surface area contributed by atoms with Crippen molar-refractivity contribution in [3.05, 3.63) is 60.0 Å². The van der Waals surface area contributed by atoms with E-state index >= 15 is 0 Å². The Morgan fingerprint density at radius 2 is 1.32 bits per heavy atom. The second-order valence-corrected chi connectivity index (χ2v) is 7.49. The zero-order chi connectivity index (χ0) is 29.4. The van der Waals surface area contributed by atoms with Gasteiger partial charge >= 0.3 is 24.7 Å². The van der Waals surface area contributed by atoms with Crippen LogP contribution in [-0.2, 0) is 5.60 Å². The third-order valence-corrected chi connectivity index (χ3v) is 4.88. The number of hydrogen-bond acceptors (Lipinski definition) is 5. The highest BCUT2D eigenvalue weighted by molar-refractivity contribution is 5.55. The Hall–Kier alpha value is -3.08. The van der Waals surface area contributed by atoms with Crippen LogP contribution >= 0.6 is 0 Å². The molecule has 0 aromatic heterocycles. The molecule has 0 spiro atoms. The van der Waals surface area contributed by atoms with E-state index in [1.807, 2.05) is 0 Å². The van der Waals surface area contributed by atoms with E-state index in [2.05, 4.69) is 6.58 Å². The highest BCUT2D eigenvalue weighted by atomic mass is 19.4. The first-order valence-corrected chi connectivity index (χ1v) is 9.42. The van der Waals surface area contributed by atoms with Crippen LogP contribution in [0.1, 0.15) is 12.5 Å². The summed E-state index contributed by atoms with van der Waals surface area (Å²) >= 11 is 0. The lowest BCUT2D eigenvalue weighted by Crippen LogP contribution is -2.61. The lowest BCUT2D eigenvalue weighted by molar-refractivity contribution is -0.376. The Morgan fingerprint density at radius 3 is 1.70 bits per heavy atom. The summed E-state index contributed by atoms with van der Waals surface area (Å²) in [6.07, 6.45) is -24.7. The summed E-state index contributed by atoms with van der Waals surface area (Å²) in [5, 5.41) is 19.2. The highest BCUT2D eigenvalue weighted by Crippen LogP contribution is 2.52. The first-order chi connectivity index (χ1) is 16.3. The van der Waals surface area contributed by atoms with Crippen molar-refractivity contribution in [2.75, 3.05) is 5.73 Å². The quantitative estimate of drug-likeness (QED) is 0.155. The number of hydrogen-bond donors (Lipinski definition) is 4. The highest BCUT2D eigenvalue weighted by Gasteiger charge is 2.73. The van der Waals surface area contributed by atoms with Gasteiger partial charge < -0.3 is 26.4 Å². The van der Waals surface area contributed by atoms with Crippen molar-refractivity contribution >= 4 is 5.69 Å². The topological polar surface area (TPSA) is 102 Å². The van der Waals surface area contributed by atoms with Crippen LogP contribution in [-0.4, -0.2) is 40.5 Å². The predicted octanol–water partition coefficient (Wildman–Crippen LogP) is 5.36. The van der Waals surface area contributed by atoms with Crippen LogP contribution in [0.4, 0.5) is 58.4 Å². The molecule has 37 heavy (non-hydrogen) atoms. The summed E-state index contributed by atoms with van der Waals surface area (Å²) in [6, 6.07) is 0.970. The van der Waals surface area contributed by atoms with Gasteiger partial charge in [0.15, 0.2) is 0 Å². The van der Waals surface area contributed by atoms with Crippen LogP contribution in [0.5, 0.6) is 5.75 Å². The predicted molar refractivity (Wildman–Crippen MR) is 104 cm³/mol. The minimum absolute atomic E-state index is 0.0209. The van der Waals surface area contributed by atoms with Crippen LogP contribution in [0.15, 0.2) is 54.5 Å². The van der Waals surface area contributed by atoms with E-state index in [1.165, 1.54) is 0 Å². The van der Waals surface area contributed by atoms with Crippen molar-refractivity contribution in [3.63, 3.8) is 0 Å². The summed E-state index contributed by atoms with van der Waals surface area (Å²) in [4.78, 5) is 0. The summed E-state index contributed by atoms with van der Waals surface area (Å²) in [5.41, 5.74) is -4.57. The zero-order valence-corrected chi connectivity index (χ0v) is 18.2. The molecule has 0 aliphatic heterocycles. The third kappa shape index (κ3) is 6.08. The van der Waals surface area contributed by atoms with Crippen molar-refractivity contribution < 1.29 is 67.6 Å². The number of halogens is 12. The fraction of sp³-hybridized carbons (Fsp3) is 0.400. The van der Waals surface area contributed by atoms with Gasteiger partial charge in [-0.2, -0.15) is 52.7 Å². The summed E-state index contributed by atoms with van der Waals surface area (Å²) in [7, 11) is 0. The van der Waals surface area contributed by atoms with Gasteiger partial charge in [-0.1, -0.05) is 12.7 Å². The number of allylic oxidation sites excluding steroid dienone is 2. The Balaban J connectivity index is 3.72. The van der Waals surface area contributed by atoms with Crippen molar-refractivity contribution in [2.45, 2.75) is 42.8 Å². The Kier molecular flexibility index (Phi) is 8.63. The maximum Gasteiger partial charge on any atom is 0.430 e. The van der Waals surface area contributed by atoms with Gasteiger partial charge in [-0.05, 0) is 37.3 Å². The molecule has 1 aromatic carbocycles. The average molecular weight is 562 g/mol. The number of benzene rings is 1. The van der Waals surface area contributed by atoms with Crippen molar-refractivity contribution in [1.29, 1.82) is 0 Å². The molecule has 1 atom stereocenters. The molecular formula is C20H18F12N2O3. The van der Waals surface area contributed by atoms with Gasteiger partial charge in [0, 0.05) is 22.9 Å². The fourth-order valence-electron chi connectivity index (χ4n) is 2.95. The Morgan fingerprint density at radius 1 is 0.865 bits per heavy atom. The number of aliphatic hydroxyl groups is 2. The first-order valence-electron chi connectivity index (χ1n) is 9.42. The zero-order valence-electron chi connectivity index (χ0n) is 18.2. The maximum absolute atomic E-state index is 13.3. The van der Waals surface area contributed by atoms with E-state index in [9.17, 15) is 62.9 Å². The van der Waals surface area contributed by atoms with E-state index in [1.54, 1.807) is 0 Å². The molecule has 0 amide bonds. The molecule has 210 valence electrons. The lowest BCUT2D eigenvalue weighted by atomic mass is 9.84. The molecule has 0 bridgehead atoms. The van der Waals surface area contributed by atoms with Gasteiger partial charge in [0.1, 0.15) is 5.75 Å². The van der Waals surface area contributed by atoms with E-state index in [4.69, 9.17) is 16.2 Å². The van der Waals surface area contributed by atoms with Crippen LogP contribution in [0.25, 0.3) is 0 Å². The largest absolute Gasteiger partial charge is 0.462 e. The number of alkyl halides is 12. The molecule has 5 nitrogen and oxygen atoms in total. The van der Waals surface area contributed by atoms with Gasteiger partial charge in [0.2, 0.25) is 0 Å². The molecule has 0 heterocycles. The monoisotopic (exact) mass is 562 g/mol. The van der Waals surface area contributed by atoms with Gasteiger partial charge in [-0.3, -0.25) is 0 Å². The van der Waals surface area contributed by atoms with Gasteiger partial charge in [-0.15, -0.1) is 0 Å². The molecule has 0 aliphatic rings. The number of rotatable bonds is 7. The molecule has 6 N–H and O–H groups in total. The number of anilines is 1. The smallest absolute Gasteiger partial charge is 0.430 e. The molecule has 17 heteroatoms. The first kappa shape index (κ1) is 31.9. The van der Waals surface area contributed by atoms with Gasteiger partial charge in [0.05, 0.1) is 5.76 Å². The van der Waals surface area contributed by atoms with Crippen molar-refractivity contribution in [3.8, 4) is 5.75 Å². The number of nitrogen functional groups attached to an aromatic ring is 1. The molecular weight excluding hydrogens is 544 g/mol. The van der Waals surface area contributed by atoms with Crippen molar-refractivity contribution in [1.82, 2.24) is 0 Å². The summed E-state index contributed by atoms with van der Waals surface area (Å²) in [6.45, 7) is 3.71. The third-order valence-electron chi connectivity index (χ3n) is 4.88. The Bertz CT molecular complexity index is 1020. The Labute approximate surface area is 200 Å². The van der Waals surface area contributed by atoms with Gasteiger partial charge in [-0.25, -0.2) is 0 Å². The molecule has 0 fully saturated rings. The normalized spacial score (nSPS) is 16.0. The molecule has 0 radical (unpaired) electrons. The number of ether oxygens (including phenoxy) is 1. The molecule has 0 saturated carbocycles. The van der Waals surface area contributed by atoms with Crippen LogP contribution in [0.2, 0.25) is 0 Å². The molecule has 1 rings (SSSR count). The van der Waals surface area contributed by atoms with Crippen LogP contribution < -0.4 is 16.2 Å². The standard InChI is InChI=1S/C20H18F12N2O3/c1-3-11(33)7-10(15(35,17(21,22)23)18(24,25)26)6-9(2)37-12-4-5-14(34)13(8-12)16(36,19(27,28)29)20(30,31)32/h3-8,10,35-36H,1,33-34H2,2H3/b9-6+,11-7?. The second kappa shape index (κ2) is 10.00. The van der Waals surface area contributed by atoms with Crippen molar-refractivity contribution in [2.24, 2.45) is 11.7 Å². The second-order valence-electron chi connectivity index (χ2n) is 7.49. The van der Waals surface area contributed by atoms with E-state index in [0.29, 0.717) is 25.1 Å². The van der Waals surface area contributed by atoms with E-state index in [0.717, 1.165) is 0 Å². The van der Waals surface area contributed by atoms with E-state index in [-0.39, 0.29) is 18.2 Å². The van der Waals surface area contributed by atoms with Crippen LogP contribution in [0, 0.1) is 5.92 Å². The molecule has 1 unspecified atom stereocenters. The lowest BCUT2D eigenvalue weighted by Gasteiger charge is -2.36. The molecule has 1 aromatic rings. The summed E-state index contributed by atoms with van der Waals surface area (Å²) < 4.78 is 164. The van der Waals surface area contributed by atoms with E-state index < -0.39 is 70.3 Å². The van der Waals surface area contributed by atoms with Gasteiger partial charge in [0.25, 0.3) is 11.2 Å².